The number of alkyl halides is 9. The normalized spacial score (nSPS) is 24.0. The van der Waals surface area contributed by atoms with Crippen molar-refractivity contribution in [3.63, 3.8) is 0 Å². The molecular weight excluding hydrogens is 520 g/mol. The topological polar surface area (TPSA) is 29.1 Å². The number of hydrogen-bond acceptors (Lipinski definition) is 1. The Labute approximate surface area is 166 Å². The van der Waals surface area contributed by atoms with Crippen LogP contribution in [0.15, 0.2) is 40.0 Å². The van der Waals surface area contributed by atoms with Crippen LogP contribution in [0.1, 0.15) is 16.8 Å². The molecule has 28 heavy (non-hydrogen) atoms. The van der Waals surface area contributed by atoms with Gasteiger partial charge in [-0.15, -0.1) is 0 Å². The maximum absolute atomic E-state index is 14.3. The lowest BCUT2D eigenvalue weighted by Crippen LogP contribution is -2.53. The molecule has 0 spiro atoms. The van der Waals surface area contributed by atoms with Gasteiger partial charge >= 0.3 is 23.7 Å². The van der Waals surface area contributed by atoms with Gasteiger partial charge in [-0.1, -0.05) is 18.2 Å². The Morgan fingerprint density at radius 3 is 1.79 bits per heavy atom. The second-order valence-corrected chi connectivity index (χ2v) is 7.36. The zero-order chi connectivity index (χ0) is 21.6. The zero-order valence-corrected chi connectivity index (χ0v) is 15.7. The van der Waals surface area contributed by atoms with E-state index < -0.39 is 51.3 Å². The summed E-state index contributed by atoms with van der Waals surface area (Å²) in [6.07, 6.45) is -1.16. The summed E-state index contributed by atoms with van der Waals surface area (Å²) in [7, 11) is 0. The fourth-order valence-corrected chi connectivity index (χ4v) is 3.20. The summed E-state index contributed by atoms with van der Waals surface area (Å²) >= 11 is 1.07. The molecule has 0 unspecified atom stereocenters. The van der Waals surface area contributed by atoms with Gasteiger partial charge in [-0.25, -0.2) is 4.39 Å². The molecule has 0 aromatic heterocycles. The summed E-state index contributed by atoms with van der Waals surface area (Å²) in [5.41, 5.74) is -5.41. The molecule has 0 radical (unpaired) electrons. The highest BCUT2D eigenvalue weighted by molar-refractivity contribution is 14.1. The van der Waals surface area contributed by atoms with E-state index in [2.05, 4.69) is 5.32 Å². The molecule has 2 rings (SSSR count). The van der Waals surface area contributed by atoms with Gasteiger partial charge in [-0.2, -0.15) is 35.1 Å². The van der Waals surface area contributed by atoms with Crippen molar-refractivity contribution in [3.8, 4) is 0 Å². The number of halogens is 10. The Morgan fingerprint density at radius 2 is 1.32 bits per heavy atom. The van der Waals surface area contributed by atoms with Gasteiger partial charge in [0.05, 0.1) is 0 Å². The minimum Gasteiger partial charge on any atom is -0.352 e. The molecule has 0 heterocycles. The van der Waals surface area contributed by atoms with Crippen molar-refractivity contribution >= 4 is 28.5 Å². The average Bonchev–Trinajstić information content (AvgIpc) is 2.65. The SMILES string of the molecule is O=C(NCCC(I)=CC1(F)C(F)(F)C(F)(F)C(F)(F)C1(F)F)c1ccccc1. The van der Waals surface area contributed by atoms with E-state index in [1.807, 2.05) is 0 Å². The monoisotopic (exact) mass is 531 g/mol. The molecule has 1 amide bonds. The van der Waals surface area contributed by atoms with Crippen LogP contribution in [-0.4, -0.2) is 41.8 Å². The fraction of sp³-hybridized carbons (Fsp3) is 0.438. The minimum absolute atomic E-state index is 0.205. The molecule has 0 saturated heterocycles. The van der Waals surface area contributed by atoms with E-state index in [1.165, 1.54) is 24.3 Å². The number of allylic oxidation sites excluding steroid dienone is 1. The van der Waals surface area contributed by atoms with E-state index in [9.17, 15) is 44.3 Å². The molecule has 156 valence electrons. The van der Waals surface area contributed by atoms with Crippen LogP contribution in [-0.2, 0) is 0 Å². The Balaban J connectivity index is 2.19. The van der Waals surface area contributed by atoms with Crippen molar-refractivity contribution in [3.05, 3.63) is 45.6 Å². The number of nitrogens with one attached hydrogen (secondary N) is 1. The van der Waals surface area contributed by atoms with Crippen LogP contribution in [0.4, 0.5) is 39.5 Å². The van der Waals surface area contributed by atoms with E-state index in [4.69, 9.17) is 0 Å². The maximum Gasteiger partial charge on any atom is 0.382 e. The summed E-state index contributed by atoms with van der Waals surface area (Å²) in [4.78, 5) is 11.8. The molecule has 12 heteroatoms. The Morgan fingerprint density at radius 1 is 0.857 bits per heavy atom. The summed E-state index contributed by atoms with van der Waals surface area (Å²) in [5, 5.41) is 2.26. The third-order valence-corrected chi connectivity index (χ3v) is 4.99. The van der Waals surface area contributed by atoms with Crippen molar-refractivity contribution in [1.29, 1.82) is 0 Å². The number of hydrogen-bond donors (Lipinski definition) is 1. The molecule has 0 bridgehead atoms. The van der Waals surface area contributed by atoms with E-state index in [-0.39, 0.29) is 12.1 Å². The van der Waals surface area contributed by atoms with Gasteiger partial charge in [-0.3, -0.25) is 4.79 Å². The number of benzene rings is 1. The lowest BCUT2D eigenvalue weighted by Gasteiger charge is -2.28. The molecule has 1 saturated carbocycles. The first kappa shape index (κ1) is 22.8. The average molecular weight is 531 g/mol. The van der Waals surface area contributed by atoms with Crippen LogP contribution in [0.2, 0.25) is 0 Å². The Hall–Kier alpha value is -1.47. The van der Waals surface area contributed by atoms with Crippen LogP contribution in [0, 0.1) is 0 Å². The lowest BCUT2D eigenvalue weighted by atomic mass is 9.96. The Bertz CT molecular complexity index is 754. The highest BCUT2D eigenvalue weighted by Crippen LogP contribution is 2.69. The third-order valence-electron chi connectivity index (χ3n) is 4.14. The highest BCUT2D eigenvalue weighted by Gasteiger charge is 3.00. The predicted octanol–water partition coefficient (Wildman–Crippen LogP) is 5.39. The van der Waals surface area contributed by atoms with Crippen LogP contribution in [0.25, 0.3) is 0 Å². The largest absolute Gasteiger partial charge is 0.382 e. The van der Waals surface area contributed by atoms with Gasteiger partial charge < -0.3 is 5.32 Å². The number of amides is 1. The standard InChI is InChI=1S/C16H11F9INO/c17-12(13(18,19)15(22,23)16(24,25)14(12,20)21)8-10(26)6-7-27-11(28)9-4-2-1-3-5-9/h1-5,8H,6-7H2,(H,27,28). The molecule has 1 aliphatic carbocycles. The zero-order valence-electron chi connectivity index (χ0n) is 13.6. The van der Waals surface area contributed by atoms with E-state index in [1.54, 1.807) is 6.07 Å². The van der Waals surface area contributed by atoms with Gasteiger partial charge in [0.15, 0.2) is 0 Å². The maximum atomic E-state index is 14.3. The first-order valence-corrected chi connectivity index (χ1v) is 8.62. The van der Waals surface area contributed by atoms with Crippen molar-refractivity contribution in [2.75, 3.05) is 6.54 Å². The molecule has 1 aromatic carbocycles. The van der Waals surface area contributed by atoms with Crippen molar-refractivity contribution in [1.82, 2.24) is 5.32 Å². The second-order valence-electron chi connectivity index (χ2n) is 5.97. The number of carbonyl (C=O) groups excluding carboxylic acids is 1. The van der Waals surface area contributed by atoms with Gasteiger partial charge in [0.25, 0.3) is 11.6 Å². The summed E-state index contributed by atoms with van der Waals surface area (Å²) in [6.45, 7) is -0.373. The lowest BCUT2D eigenvalue weighted by molar-refractivity contribution is -0.303. The van der Waals surface area contributed by atoms with Crippen LogP contribution >= 0.6 is 22.6 Å². The molecular formula is C16H11F9INO. The molecule has 1 aromatic rings. The van der Waals surface area contributed by atoms with E-state index in [0.29, 0.717) is 0 Å². The molecule has 0 aliphatic heterocycles. The molecule has 1 fully saturated rings. The summed E-state index contributed by atoms with van der Waals surface area (Å²) in [5.74, 6) is -26.6. The van der Waals surface area contributed by atoms with Crippen molar-refractivity contribution in [2.45, 2.75) is 35.8 Å². The van der Waals surface area contributed by atoms with E-state index in [0.717, 1.165) is 22.6 Å². The van der Waals surface area contributed by atoms with E-state index >= 15 is 0 Å². The second kappa shape index (κ2) is 7.10. The first-order valence-electron chi connectivity index (χ1n) is 7.54. The smallest absolute Gasteiger partial charge is 0.352 e. The fourth-order valence-electron chi connectivity index (χ4n) is 2.50. The first-order chi connectivity index (χ1) is 12.6. The number of carbonyl (C=O) groups is 1. The molecule has 1 N–H and O–H groups in total. The Kier molecular flexibility index (Phi) is 5.78. The van der Waals surface area contributed by atoms with Gasteiger partial charge in [0, 0.05) is 12.1 Å². The summed E-state index contributed by atoms with van der Waals surface area (Å²) < 4.78 is 121. The van der Waals surface area contributed by atoms with Gasteiger partial charge in [-0.05, 0) is 50.8 Å². The van der Waals surface area contributed by atoms with Gasteiger partial charge in [0.1, 0.15) is 0 Å². The highest BCUT2D eigenvalue weighted by atomic mass is 127. The van der Waals surface area contributed by atoms with Crippen LogP contribution in [0.3, 0.4) is 0 Å². The minimum atomic E-state index is -6.60. The molecule has 1 aliphatic rings. The predicted molar refractivity (Wildman–Crippen MR) is 89.1 cm³/mol. The van der Waals surface area contributed by atoms with Crippen molar-refractivity contribution in [2.24, 2.45) is 0 Å². The third kappa shape index (κ3) is 3.07. The summed E-state index contributed by atoms with van der Waals surface area (Å²) in [6, 6.07) is 7.55. The van der Waals surface area contributed by atoms with Crippen molar-refractivity contribution < 1.29 is 44.3 Å². The quantitative estimate of drug-likeness (QED) is 0.401. The molecule has 2 nitrogen and oxygen atoms in total. The molecule has 0 atom stereocenters. The number of rotatable bonds is 5. The van der Waals surface area contributed by atoms with Crippen LogP contribution < -0.4 is 5.32 Å². The van der Waals surface area contributed by atoms with Gasteiger partial charge in [0.2, 0.25) is 0 Å². The van der Waals surface area contributed by atoms with Crippen LogP contribution in [0.5, 0.6) is 0 Å².